The number of aromatic nitrogens is 2. The van der Waals surface area contributed by atoms with Gasteiger partial charge in [0.1, 0.15) is 0 Å². The van der Waals surface area contributed by atoms with Crippen LogP contribution < -0.4 is 5.32 Å². The van der Waals surface area contributed by atoms with Crippen LogP contribution in [0.2, 0.25) is 4.34 Å². The molecule has 4 nitrogen and oxygen atoms in total. The number of nitrogens with zero attached hydrogens (tertiary/aromatic N) is 1. The highest BCUT2D eigenvalue weighted by Gasteiger charge is 2.12. The Hall–Kier alpha value is -1.63. The van der Waals surface area contributed by atoms with Gasteiger partial charge in [-0.25, -0.2) is 0 Å². The Morgan fingerprint density at radius 2 is 2.30 bits per heavy atom. The first-order chi connectivity index (χ1) is 9.72. The second-order valence-corrected chi connectivity index (χ2v) is 6.78. The van der Waals surface area contributed by atoms with Crippen LogP contribution in [0.1, 0.15) is 15.4 Å². The molecule has 0 fully saturated rings. The van der Waals surface area contributed by atoms with E-state index in [-0.39, 0.29) is 5.91 Å². The van der Waals surface area contributed by atoms with Crippen LogP contribution in [-0.2, 0) is 6.54 Å². The summed E-state index contributed by atoms with van der Waals surface area (Å²) in [4.78, 5) is 14.1. The van der Waals surface area contributed by atoms with E-state index in [2.05, 4.69) is 15.5 Å². The van der Waals surface area contributed by atoms with Gasteiger partial charge in [-0.05, 0) is 29.6 Å². The Morgan fingerprint density at radius 3 is 3.00 bits per heavy atom. The zero-order valence-electron chi connectivity index (χ0n) is 10.2. The van der Waals surface area contributed by atoms with Gasteiger partial charge in [0.15, 0.2) is 5.69 Å². The molecule has 0 aliphatic rings. The standard InChI is InChI=1S/C13H10ClN3OS2/c14-12-4-3-8(20-12)7-15-13(18)10-6-9(16-17-10)11-2-1-5-19-11/h1-6H,7H2,(H,15,18)(H,16,17). The maximum atomic E-state index is 12.0. The van der Waals surface area contributed by atoms with Crippen LogP contribution in [0, 0.1) is 0 Å². The fourth-order valence-electron chi connectivity index (χ4n) is 1.70. The molecular formula is C13H10ClN3OS2. The van der Waals surface area contributed by atoms with Crippen LogP contribution in [-0.4, -0.2) is 16.1 Å². The van der Waals surface area contributed by atoms with Crippen molar-refractivity contribution in [1.29, 1.82) is 0 Å². The van der Waals surface area contributed by atoms with E-state index in [1.54, 1.807) is 17.4 Å². The number of carbonyl (C=O) groups is 1. The quantitative estimate of drug-likeness (QED) is 0.767. The average molecular weight is 324 g/mol. The molecule has 3 aromatic rings. The van der Waals surface area contributed by atoms with E-state index in [1.807, 2.05) is 29.6 Å². The number of H-pyrrole nitrogens is 1. The second kappa shape index (κ2) is 5.78. The van der Waals surface area contributed by atoms with E-state index in [1.165, 1.54) is 11.3 Å². The van der Waals surface area contributed by atoms with Gasteiger partial charge in [-0.2, -0.15) is 5.10 Å². The van der Waals surface area contributed by atoms with Crippen molar-refractivity contribution in [1.82, 2.24) is 15.5 Å². The summed E-state index contributed by atoms with van der Waals surface area (Å²) < 4.78 is 0.717. The molecule has 3 heterocycles. The topological polar surface area (TPSA) is 57.8 Å². The lowest BCUT2D eigenvalue weighted by molar-refractivity contribution is 0.0946. The van der Waals surface area contributed by atoms with Gasteiger partial charge in [-0.3, -0.25) is 9.89 Å². The summed E-state index contributed by atoms with van der Waals surface area (Å²) in [5, 5.41) is 11.7. The molecule has 0 aromatic carbocycles. The van der Waals surface area contributed by atoms with Crippen molar-refractivity contribution in [3.63, 3.8) is 0 Å². The van der Waals surface area contributed by atoms with Crippen molar-refractivity contribution in [2.24, 2.45) is 0 Å². The number of halogens is 1. The van der Waals surface area contributed by atoms with E-state index >= 15 is 0 Å². The number of hydrogen-bond donors (Lipinski definition) is 2. The van der Waals surface area contributed by atoms with Crippen LogP contribution in [0.15, 0.2) is 35.7 Å². The summed E-state index contributed by atoms with van der Waals surface area (Å²) in [6, 6.07) is 9.41. The Labute approximate surface area is 128 Å². The zero-order chi connectivity index (χ0) is 13.9. The highest BCUT2D eigenvalue weighted by molar-refractivity contribution is 7.16. The summed E-state index contributed by atoms with van der Waals surface area (Å²) in [6.07, 6.45) is 0. The van der Waals surface area contributed by atoms with Crippen molar-refractivity contribution >= 4 is 40.2 Å². The third-order valence-corrected chi connectivity index (χ3v) is 4.78. The summed E-state index contributed by atoms with van der Waals surface area (Å²) in [6.45, 7) is 0.456. The van der Waals surface area contributed by atoms with Crippen LogP contribution >= 0.6 is 34.3 Å². The maximum absolute atomic E-state index is 12.0. The molecule has 0 saturated carbocycles. The fourth-order valence-corrected chi connectivity index (χ4v) is 3.42. The third kappa shape index (κ3) is 2.92. The lowest BCUT2D eigenvalue weighted by Gasteiger charge is -1.99. The fraction of sp³-hybridized carbons (Fsp3) is 0.0769. The molecule has 0 atom stereocenters. The molecule has 0 saturated heterocycles. The molecule has 20 heavy (non-hydrogen) atoms. The first kappa shape index (κ1) is 13.4. The molecule has 7 heteroatoms. The van der Waals surface area contributed by atoms with Crippen molar-refractivity contribution in [2.75, 3.05) is 0 Å². The van der Waals surface area contributed by atoms with Crippen molar-refractivity contribution in [3.8, 4) is 10.6 Å². The molecule has 3 rings (SSSR count). The Morgan fingerprint density at radius 1 is 1.40 bits per heavy atom. The predicted molar refractivity (Wildman–Crippen MR) is 82.4 cm³/mol. The molecular weight excluding hydrogens is 314 g/mol. The Kier molecular flexibility index (Phi) is 3.86. The van der Waals surface area contributed by atoms with Crippen LogP contribution in [0.25, 0.3) is 10.6 Å². The smallest absolute Gasteiger partial charge is 0.272 e. The van der Waals surface area contributed by atoms with Crippen molar-refractivity contribution < 1.29 is 4.79 Å². The lowest BCUT2D eigenvalue weighted by atomic mass is 10.3. The van der Waals surface area contributed by atoms with Gasteiger partial charge in [0.2, 0.25) is 0 Å². The number of hydrogen-bond acceptors (Lipinski definition) is 4. The van der Waals surface area contributed by atoms with Gasteiger partial charge in [-0.15, -0.1) is 22.7 Å². The normalized spacial score (nSPS) is 10.7. The highest BCUT2D eigenvalue weighted by Crippen LogP contribution is 2.23. The average Bonchev–Trinajstić information content (AvgIpc) is 3.16. The number of rotatable bonds is 4. The monoisotopic (exact) mass is 323 g/mol. The number of aromatic amines is 1. The minimum atomic E-state index is -0.200. The number of amides is 1. The Balaban J connectivity index is 1.65. The second-order valence-electron chi connectivity index (χ2n) is 4.03. The lowest BCUT2D eigenvalue weighted by Crippen LogP contribution is -2.22. The summed E-state index contributed by atoms with van der Waals surface area (Å²) >= 11 is 8.89. The van der Waals surface area contributed by atoms with Crippen LogP contribution in [0.5, 0.6) is 0 Å². The summed E-state index contributed by atoms with van der Waals surface area (Å²) in [5.74, 6) is -0.200. The van der Waals surface area contributed by atoms with E-state index in [9.17, 15) is 4.79 Å². The van der Waals surface area contributed by atoms with E-state index in [0.29, 0.717) is 16.6 Å². The minimum Gasteiger partial charge on any atom is -0.346 e. The van der Waals surface area contributed by atoms with E-state index in [4.69, 9.17) is 11.6 Å². The molecule has 2 N–H and O–H groups in total. The number of thiophene rings is 2. The molecule has 3 aromatic heterocycles. The predicted octanol–water partition coefficient (Wildman–Crippen LogP) is 3.78. The van der Waals surface area contributed by atoms with E-state index in [0.717, 1.165) is 15.4 Å². The van der Waals surface area contributed by atoms with Gasteiger partial charge in [0, 0.05) is 4.88 Å². The number of carbonyl (C=O) groups excluding carboxylic acids is 1. The van der Waals surface area contributed by atoms with Crippen molar-refractivity contribution in [3.05, 3.63) is 50.6 Å². The third-order valence-electron chi connectivity index (χ3n) is 2.65. The summed E-state index contributed by atoms with van der Waals surface area (Å²) in [5.41, 5.74) is 1.24. The van der Waals surface area contributed by atoms with E-state index < -0.39 is 0 Å². The van der Waals surface area contributed by atoms with Gasteiger partial charge in [0.25, 0.3) is 5.91 Å². The highest BCUT2D eigenvalue weighted by atomic mass is 35.5. The molecule has 0 spiro atoms. The van der Waals surface area contributed by atoms with Crippen LogP contribution in [0.3, 0.4) is 0 Å². The van der Waals surface area contributed by atoms with Gasteiger partial charge in [-0.1, -0.05) is 17.7 Å². The van der Waals surface area contributed by atoms with Crippen LogP contribution in [0.4, 0.5) is 0 Å². The number of nitrogens with one attached hydrogen (secondary N) is 2. The SMILES string of the molecule is O=C(NCc1ccc(Cl)s1)c1cc(-c2cccs2)[nH]n1. The van der Waals surface area contributed by atoms with Gasteiger partial charge >= 0.3 is 0 Å². The molecule has 1 amide bonds. The molecule has 0 aliphatic heterocycles. The van der Waals surface area contributed by atoms with Crippen molar-refractivity contribution in [2.45, 2.75) is 6.54 Å². The van der Waals surface area contributed by atoms with Gasteiger partial charge in [0.05, 0.1) is 21.5 Å². The summed E-state index contributed by atoms with van der Waals surface area (Å²) in [7, 11) is 0. The molecule has 0 aliphatic carbocycles. The molecule has 0 unspecified atom stereocenters. The minimum absolute atomic E-state index is 0.200. The molecule has 102 valence electrons. The maximum Gasteiger partial charge on any atom is 0.272 e. The van der Waals surface area contributed by atoms with Gasteiger partial charge < -0.3 is 5.32 Å². The Bertz CT molecular complexity index is 718. The molecule has 0 bridgehead atoms. The largest absolute Gasteiger partial charge is 0.346 e. The zero-order valence-corrected chi connectivity index (χ0v) is 12.6. The molecule has 0 radical (unpaired) electrons. The first-order valence-electron chi connectivity index (χ1n) is 5.84. The first-order valence-corrected chi connectivity index (χ1v) is 7.91.